The predicted octanol–water partition coefficient (Wildman–Crippen LogP) is 6.28. The van der Waals surface area contributed by atoms with Gasteiger partial charge < -0.3 is 0 Å². The minimum absolute atomic E-state index is 0.0843. The largest absolute Gasteiger partial charge is 0.0620 e. The molecular formula is C23H22. The van der Waals surface area contributed by atoms with Crippen LogP contribution in [0, 0.1) is 13.8 Å². The van der Waals surface area contributed by atoms with Crippen molar-refractivity contribution in [2.75, 3.05) is 0 Å². The van der Waals surface area contributed by atoms with Gasteiger partial charge in [-0.25, -0.2) is 0 Å². The summed E-state index contributed by atoms with van der Waals surface area (Å²) in [5.74, 6) is 0. The fraction of sp³-hybridized carbons (Fsp3) is 0.217. The molecule has 0 unspecified atom stereocenters. The molecule has 0 atom stereocenters. The van der Waals surface area contributed by atoms with Crippen molar-refractivity contribution in [1.82, 2.24) is 0 Å². The van der Waals surface area contributed by atoms with Crippen LogP contribution in [0.15, 0.2) is 60.7 Å². The minimum Gasteiger partial charge on any atom is -0.0620 e. The lowest BCUT2D eigenvalue weighted by molar-refractivity contribution is 0.660. The monoisotopic (exact) mass is 298 g/mol. The van der Waals surface area contributed by atoms with Crippen molar-refractivity contribution in [3.05, 3.63) is 82.9 Å². The average Bonchev–Trinajstić information content (AvgIpc) is 2.78. The highest BCUT2D eigenvalue weighted by Crippen LogP contribution is 2.51. The van der Waals surface area contributed by atoms with Crippen molar-refractivity contribution in [1.29, 1.82) is 0 Å². The smallest absolute Gasteiger partial charge is 0.0158 e. The number of aryl methyl sites for hydroxylation is 1. The molecule has 0 saturated heterocycles. The molecule has 0 aliphatic heterocycles. The third-order valence-corrected chi connectivity index (χ3v) is 5.44. The Morgan fingerprint density at radius 3 is 2.00 bits per heavy atom. The van der Waals surface area contributed by atoms with Crippen LogP contribution < -0.4 is 0 Å². The second-order valence-electron chi connectivity index (χ2n) is 7.15. The summed E-state index contributed by atoms with van der Waals surface area (Å²) in [5.41, 5.74) is 11.3. The predicted molar refractivity (Wildman–Crippen MR) is 98.9 cm³/mol. The molecule has 0 bridgehead atoms. The third-order valence-electron chi connectivity index (χ3n) is 5.44. The zero-order valence-corrected chi connectivity index (χ0v) is 14.3. The molecule has 0 spiro atoms. The summed E-state index contributed by atoms with van der Waals surface area (Å²) in [6.07, 6.45) is 0. The van der Waals surface area contributed by atoms with E-state index in [1.165, 1.54) is 44.5 Å². The first-order chi connectivity index (χ1) is 11.0. The first kappa shape index (κ1) is 14.3. The van der Waals surface area contributed by atoms with Gasteiger partial charge >= 0.3 is 0 Å². The maximum Gasteiger partial charge on any atom is 0.0158 e. The minimum atomic E-state index is 0.0843. The zero-order chi connectivity index (χ0) is 16.2. The SMILES string of the molecule is Cc1ccccc1-c1ccc2c(c1C)-c1ccccc1C2(C)C. The van der Waals surface area contributed by atoms with E-state index in [-0.39, 0.29) is 5.41 Å². The van der Waals surface area contributed by atoms with Crippen LogP contribution in [-0.2, 0) is 5.41 Å². The summed E-state index contributed by atoms with van der Waals surface area (Å²) in [6.45, 7) is 9.15. The van der Waals surface area contributed by atoms with Gasteiger partial charge in [0.25, 0.3) is 0 Å². The van der Waals surface area contributed by atoms with Gasteiger partial charge in [-0.1, -0.05) is 74.5 Å². The molecule has 0 amide bonds. The van der Waals surface area contributed by atoms with Crippen LogP contribution in [0.2, 0.25) is 0 Å². The van der Waals surface area contributed by atoms with Crippen LogP contribution >= 0.6 is 0 Å². The van der Waals surface area contributed by atoms with E-state index in [2.05, 4.69) is 88.4 Å². The molecule has 0 heteroatoms. The van der Waals surface area contributed by atoms with E-state index in [0.717, 1.165) is 0 Å². The topological polar surface area (TPSA) is 0 Å². The van der Waals surface area contributed by atoms with E-state index in [0.29, 0.717) is 0 Å². The van der Waals surface area contributed by atoms with E-state index < -0.39 is 0 Å². The highest BCUT2D eigenvalue weighted by Gasteiger charge is 2.36. The molecule has 0 saturated carbocycles. The highest BCUT2D eigenvalue weighted by atomic mass is 14.4. The fourth-order valence-corrected chi connectivity index (χ4v) is 4.14. The van der Waals surface area contributed by atoms with Gasteiger partial charge in [0.05, 0.1) is 0 Å². The van der Waals surface area contributed by atoms with Gasteiger partial charge in [0.15, 0.2) is 0 Å². The summed E-state index contributed by atoms with van der Waals surface area (Å²) in [7, 11) is 0. The summed E-state index contributed by atoms with van der Waals surface area (Å²) in [5, 5.41) is 0. The van der Waals surface area contributed by atoms with Crippen LogP contribution in [0.5, 0.6) is 0 Å². The first-order valence-corrected chi connectivity index (χ1v) is 8.32. The number of hydrogen-bond acceptors (Lipinski definition) is 0. The molecule has 0 radical (unpaired) electrons. The number of benzene rings is 3. The van der Waals surface area contributed by atoms with Gasteiger partial charge in [0, 0.05) is 5.41 Å². The van der Waals surface area contributed by atoms with Crippen LogP contribution in [0.1, 0.15) is 36.1 Å². The van der Waals surface area contributed by atoms with E-state index in [1.807, 2.05) is 0 Å². The lowest BCUT2D eigenvalue weighted by atomic mass is 9.81. The van der Waals surface area contributed by atoms with Crippen molar-refractivity contribution in [2.24, 2.45) is 0 Å². The van der Waals surface area contributed by atoms with Crippen LogP contribution in [0.4, 0.5) is 0 Å². The summed E-state index contributed by atoms with van der Waals surface area (Å²) < 4.78 is 0. The van der Waals surface area contributed by atoms with E-state index in [9.17, 15) is 0 Å². The lowest BCUT2D eigenvalue weighted by Crippen LogP contribution is -2.14. The molecule has 1 aliphatic carbocycles. The Balaban J connectivity index is 2.04. The maximum absolute atomic E-state index is 2.34. The molecule has 0 fully saturated rings. The standard InChI is InChI=1S/C23H22/c1-15-9-5-6-10-17(15)18-13-14-21-22(16(18)2)19-11-7-8-12-20(19)23(21,3)4/h5-14H,1-4H3. The average molecular weight is 298 g/mol. The normalized spacial score (nSPS) is 14.4. The van der Waals surface area contributed by atoms with Crippen molar-refractivity contribution in [3.63, 3.8) is 0 Å². The molecule has 114 valence electrons. The highest BCUT2D eigenvalue weighted by molar-refractivity contribution is 5.88. The quantitative estimate of drug-likeness (QED) is 0.496. The zero-order valence-electron chi connectivity index (χ0n) is 14.3. The molecule has 4 rings (SSSR count). The van der Waals surface area contributed by atoms with E-state index in [1.54, 1.807) is 0 Å². The van der Waals surface area contributed by atoms with Gasteiger partial charge in [-0.2, -0.15) is 0 Å². The van der Waals surface area contributed by atoms with Crippen LogP contribution in [0.3, 0.4) is 0 Å². The van der Waals surface area contributed by atoms with Gasteiger partial charge in [-0.15, -0.1) is 0 Å². The number of fused-ring (bicyclic) bond motifs is 3. The Bertz CT molecular complexity index is 913. The Morgan fingerprint density at radius 2 is 1.26 bits per heavy atom. The summed E-state index contributed by atoms with van der Waals surface area (Å²) in [6, 6.07) is 22.2. The van der Waals surface area contributed by atoms with E-state index >= 15 is 0 Å². The number of hydrogen-bond donors (Lipinski definition) is 0. The fourth-order valence-electron chi connectivity index (χ4n) is 4.14. The van der Waals surface area contributed by atoms with Gasteiger partial charge in [-0.3, -0.25) is 0 Å². The third kappa shape index (κ3) is 1.91. The van der Waals surface area contributed by atoms with E-state index in [4.69, 9.17) is 0 Å². The summed E-state index contributed by atoms with van der Waals surface area (Å²) in [4.78, 5) is 0. The molecule has 1 aliphatic rings. The first-order valence-electron chi connectivity index (χ1n) is 8.32. The Labute approximate surface area is 138 Å². The van der Waals surface area contributed by atoms with Crippen LogP contribution in [-0.4, -0.2) is 0 Å². The molecule has 0 nitrogen and oxygen atoms in total. The van der Waals surface area contributed by atoms with Crippen molar-refractivity contribution >= 4 is 0 Å². The summed E-state index contributed by atoms with van der Waals surface area (Å²) >= 11 is 0. The second-order valence-corrected chi connectivity index (χ2v) is 7.15. The molecule has 3 aromatic rings. The number of rotatable bonds is 1. The second kappa shape index (κ2) is 4.83. The molecule has 0 N–H and O–H groups in total. The van der Waals surface area contributed by atoms with Crippen LogP contribution in [0.25, 0.3) is 22.3 Å². The molecular weight excluding hydrogens is 276 g/mol. The van der Waals surface area contributed by atoms with Crippen molar-refractivity contribution in [3.8, 4) is 22.3 Å². The van der Waals surface area contributed by atoms with Crippen molar-refractivity contribution in [2.45, 2.75) is 33.1 Å². The molecule has 0 aromatic heterocycles. The molecule has 3 aromatic carbocycles. The molecule has 23 heavy (non-hydrogen) atoms. The lowest BCUT2D eigenvalue weighted by Gasteiger charge is -2.22. The Hall–Kier alpha value is -2.34. The Morgan fingerprint density at radius 1 is 0.609 bits per heavy atom. The van der Waals surface area contributed by atoms with Gasteiger partial charge in [0.2, 0.25) is 0 Å². The maximum atomic E-state index is 2.34. The van der Waals surface area contributed by atoms with Gasteiger partial charge in [-0.05, 0) is 58.4 Å². The van der Waals surface area contributed by atoms with Crippen molar-refractivity contribution < 1.29 is 0 Å². The Kier molecular flexibility index (Phi) is 2.99. The van der Waals surface area contributed by atoms with Gasteiger partial charge in [0.1, 0.15) is 0 Å². The molecule has 0 heterocycles.